The highest BCUT2D eigenvalue weighted by Gasteiger charge is 2.24. The van der Waals surface area contributed by atoms with Crippen LogP contribution in [0.25, 0.3) is 10.2 Å². The zero-order valence-corrected chi connectivity index (χ0v) is 20.1. The smallest absolute Gasteiger partial charge is 0.321 e. The minimum absolute atomic E-state index is 0.159. The van der Waals surface area contributed by atoms with Crippen molar-refractivity contribution in [3.8, 4) is 17.2 Å². The molecule has 0 atom stereocenters. The van der Waals surface area contributed by atoms with Crippen LogP contribution in [0.2, 0.25) is 0 Å². The average molecular weight is 475 g/mol. The molecule has 2 amide bonds. The van der Waals surface area contributed by atoms with Gasteiger partial charge in [0.25, 0.3) is 0 Å². The zero-order valence-electron chi connectivity index (χ0n) is 18.5. The molecule has 1 fully saturated rings. The predicted octanol–water partition coefficient (Wildman–Crippen LogP) is 4.40. The highest BCUT2D eigenvalue weighted by atomic mass is 32.2. The maximum absolute atomic E-state index is 12.9. The Morgan fingerprint density at radius 3 is 2.34 bits per heavy atom. The SMILES string of the molecule is COc1cc(NC(=O)N2CCN(c3nc4c(SC)cccc4s3)CC2)cc(OC)c1OC. The summed E-state index contributed by atoms with van der Waals surface area (Å²) in [5.74, 6) is 1.47. The van der Waals surface area contributed by atoms with E-state index >= 15 is 0 Å². The number of urea groups is 1. The fraction of sp³-hybridized carbons (Fsp3) is 0.364. The average Bonchev–Trinajstić information content (AvgIpc) is 3.28. The summed E-state index contributed by atoms with van der Waals surface area (Å²) in [7, 11) is 4.64. The lowest BCUT2D eigenvalue weighted by atomic mass is 10.2. The van der Waals surface area contributed by atoms with E-state index in [1.165, 1.54) is 9.60 Å². The van der Waals surface area contributed by atoms with Crippen LogP contribution in [0, 0.1) is 0 Å². The molecule has 2 aromatic carbocycles. The fourth-order valence-corrected chi connectivity index (χ4v) is 5.34. The Labute approximate surface area is 195 Å². The van der Waals surface area contributed by atoms with Gasteiger partial charge in [-0.3, -0.25) is 0 Å². The first-order chi connectivity index (χ1) is 15.6. The Kier molecular flexibility index (Phi) is 6.80. The van der Waals surface area contributed by atoms with E-state index in [4.69, 9.17) is 19.2 Å². The van der Waals surface area contributed by atoms with Crippen LogP contribution in [0.15, 0.2) is 35.2 Å². The van der Waals surface area contributed by atoms with Crippen LogP contribution >= 0.6 is 23.1 Å². The first-order valence-corrected chi connectivity index (χ1v) is 12.2. The number of nitrogens with zero attached hydrogens (tertiary/aromatic N) is 3. The van der Waals surface area contributed by atoms with Crippen LogP contribution < -0.4 is 24.4 Å². The number of amides is 2. The Morgan fingerprint density at radius 2 is 1.75 bits per heavy atom. The highest BCUT2D eigenvalue weighted by molar-refractivity contribution is 7.98. The van der Waals surface area contributed by atoms with Crippen molar-refractivity contribution in [2.24, 2.45) is 0 Å². The topological polar surface area (TPSA) is 76.2 Å². The van der Waals surface area contributed by atoms with Gasteiger partial charge in [0, 0.05) is 43.2 Å². The molecule has 8 nitrogen and oxygen atoms in total. The highest BCUT2D eigenvalue weighted by Crippen LogP contribution is 2.40. The maximum atomic E-state index is 12.9. The van der Waals surface area contributed by atoms with Crippen molar-refractivity contribution < 1.29 is 19.0 Å². The van der Waals surface area contributed by atoms with Gasteiger partial charge in [-0.25, -0.2) is 9.78 Å². The van der Waals surface area contributed by atoms with Gasteiger partial charge in [0.2, 0.25) is 5.75 Å². The molecule has 4 rings (SSSR count). The van der Waals surface area contributed by atoms with Crippen molar-refractivity contribution in [2.45, 2.75) is 4.90 Å². The van der Waals surface area contributed by atoms with Crippen LogP contribution in [0.5, 0.6) is 17.2 Å². The van der Waals surface area contributed by atoms with E-state index in [1.54, 1.807) is 61.5 Å². The summed E-state index contributed by atoms with van der Waals surface area (Å²) in [6, 6.07) is 9.56. The fourth-order valence-electron chi connectivity index (χ4n) is 3.67. The summed E-state index contributed by atoms with van der Waals surface area (Å²) in [5.41, 5.74) is 1.64. The van der Waals surface area contributed by atoms with Gasteiger partial charge in [0.05, 0.1) is 37.2 Å². The largest absolute Gasteiger partial charge is 0.493 e. The van der Waals surface area contributed by atoms with E-state index in [2.05, 4.69) is 34.7 Å². The zero-order chi connectivity index (χ0) is 22.7. The number of methoxy groups -OCH3 is 3. The van der Waals surface area contributed by atoms with Crippen molar-refractivity contribution in [2.75, 3.05) is 64.0 Å². The number of thiazole rings is 1. The number of para-hydroxylation sites is 1. The molecule has 170 valence electrons. The van der Waals surface area contributed by atoms with E-state index in [0.717, 1.165) is 23.7 Å². The molecule has 0 saturated carbocycles. The third-order valence-corrected chi connectivity index (χ3v) is 7.19. The minimum atomic E-state index is -0.159. The van der Waals surface area contributed by atoms with Crippen molar-refractivity contribution in [1.29, 1.82) is 0 Å². The molecule has 1 N–H and O–H groups in total. The van der Waals surface area contributed by atoms with Gasteiger partial charge in [-0.05, 0) is 18.4 Å². The quantitative estimate of drug-likeness (QED) is 0.531. The van der Waals surface area contributed by atoms with Crippen molar-refractivity contribution in [1.82, 2.24) is 9.88 Å². The summed E-state index contributed by atoms with van der Waals surface area (Å²) in [6.07, 6.45) is 2.07. The molecule has 1 saturated heterocycles. The number of hydrogen-bond donors (Lipinski definition) is 1. The van der Waals surface area contributed by atoms with Crippen LogP contribution in [0.3, 0.4) is 0 Å². The van der Waals surface area contributed by atoms with Gasteiger partial charge >= 0.3 is 6.03 Å². The molecule has 0 unspecified atom stereocenters. The van der Waals surface area contributed by atoms with E-state index in [0.29, 0.717) is 36.0 Å². The van der Waals surface area contributed by atoms with E-state index in [9.17, 15) is 4.79 Å². The molecule has 0 aliphatic carbocycles. The summed E-state index contributed by atoms with van der Waals surface area (Å²) in [4.78, 5) is 23.0. The summed E-state index contributed by atoms with van der Waals surface area (Å²) in [5, 5.41) is 3.95. The van der Waals surface area contributed by atoms with Crippen LogP contribution in [0.1, 0.15) is 0 Å². The molecule has 32 heavy (non-hydrogen) atoms. The Balaban J connectivity index is 1.42. The maximum Gasteiger partial charge on any atom is 0.321 e. The first kappa shape index (κ1) is 22.3. The standard InChI is InChI=1S/C22H26N4O4S2/c1-28-15-12-14(13-16(29-2)20(15)30-3)23-21(27)25-8-10-26(11-9-25)22-24-19-17(31-4)6-5-7-18(19)32-22/h5-7,12-13H,8-11H2,1-4H3,(H,23,27). The molecule has 1 aliphatic heterocycles. The molecule has 3 aromatic rings. The predicted molar refractivity (Wildman–Crippen MR) is 130 cm³/mol. The third kappa shape index (κ3) is 4.37. The van der Waals surface area contributed by atoms with Crippen LogP contribution in [-0.2, 0) is 0 Å². The second kappa shape index (κ2) is 9.74. The number of anilines is 2. The lowest BCUT2D eigenvalue weighted by Crippen LogP contribution is -2.50. The van der Waals surface area contributed by atoms with Gasteiger partial charge in [-0.1, -0.05) is 17.4 Å². The van der Waals surface area contributed by atoms with Gasteiger partial charge < -0.3 is 29.3 Å². The number of fused-ring (bicyclic) bond motifs is 1. The third-order valence-electron chi connectivity index (χ3n) is 5.34. The Morgan fingerprint density at radius 1 is 1.06 bits per heavy atom. The van der Waals surface area contributed by atoms with E-state index in [-0.39, 0.29) is 6.03 Å². The number of hydrogen-bond acceptors (Lipinski definition) is 8. The number of ether oxygens (including phenoxy) is 3. The molecule has 1 aromatic heterocycles. The molecule has 0 radical (unpaired) electrons. The number of piperazine rings is 1. The summed E-state index contributed by atoms with van der Waals surface area (Å²) >= 11 is 3.41. The van der Waals surface area contributed by atoms with Crippen molar-refractivity contribution >= 4 is 50.2 Å². The number of carbonyl (C=O) groups is 1. The lowest BCUT2D eigenvalue weighted by molar-refractivity contribution is 0.208. The van der Waals surface area contributed by atoms with Gasteiger partial charge in [-0.2, -0.15) is 0 Å². The molecular weight excluding hydrogens is 448 g/mol. The van der Waals surface area contributed by atoms with Crippen molar-refractivity contribution in [3.05, 3.63) is 30.3 Å². The van der Waals surface area contributed by atoms with Crippen LogP contribution in [0.4, 0.5) is 15.6 Å². The molecule has 0 spiro atoms. The second-order valence-electron chi connectivity index (χ2n) is 7.12. The normalized spacial score (nSPS) is 13.9. The number of benzene rings is 2. The Bertz CT molecular complexity index is 1090. The monoisotopic (exact) mass is 474 g/mol. The number of carbonyl (C=O) groups excluding carboxylic acids is 1. The lowest BCUT2D eigenvalue weighted by Gasteiger charge is -2.34. The molecule has 2 heterocycles. The second-order valence-corrected chi connectivity index (χ2v) is 8.98. The van der Waals surface area contributed by atoms with E-state index < -0.39 is 0 Å². The number of thioether (sulfide) groups is 1. The molecule has 1 aliphatic rings. The molecule has 0 bridgehead atoms. The molecular formula is C22H26N4O4S2. The summed E-state index contributed by atoms with van der Waals surface area (Å²) in [6.45, 7) is 2.69. The number of rotatable bonds is 6. The van der Waals surface area contributed by atoms with Crippen molar-refractivity contribution in [3.63, 3.8) is 0 Å². The number of aromatic nitrogens is 1. The summed E-state index contributed by atoms with van der Waals surface area (Å²) < 4.78 is 17.3. The first-order valence-electron chi connectivity index (χ1n) is 10.1. The van der Waals surface area contributed by atoms with Gasteiger partial charge in [-0.15, -0.1) is 11.8 Å². The van der Waals surface area contributed by atoms with E-state index in [1.807, 2.05) is 0 Å². The number of nitrogens with one attached hydrogen (secondary N) is 1. The Hall–Kier alpha value is -2.85. The van der Waals surface area contributed by atoms with Gasteiger partial charge in [0.15, 0.2) is 16.6 Å². The van der Waals surface area contributed by atoms with Crippen LogP contribution in [-0.4, -0.2) is 69.7 Å². The molecule has 10 heteroatoms. The minimum Gasteiger partial charge on any atom is -0.493 e. The van der Waals surface area contributed by atoms with Gasteiger partial charge in [0.1, 0.15) is 0 Å².